The normalized spacial score (nSPS) is 14.0. The van der Waals surface area contributed by atoms with Crippen molar-refractivity contribution >= 4 is 11.8 Å². The minimum atomic E-state index is -0.719. The Hall–Kier alpha value is -1.05. The smallest absolute Gasteiger partial charge is 0.124 e. The highest BCUT2D eigenvalue weighted by Gasteiger charge is 2.15. The molecule has 0 aromatic heterocycles. The van der Waals surface area contributed by atoms with Gasteiger partial charge in [-0.25, -0.2) is 4.39 Å². The average Bonchev–Trinajstić information content (AvgIpc) is 2.29. The number of halogens is 1. The summed E-state index contributed by atoms with van der Waals surface area (Å²) in [5, 5.41) is 8.74. The summed E-state index contributed by atoms with van der Waals surface area (Å²) in [4.78, 5) is 0.945. The van der Waals surface area contributed by atoms with Crippen LogP contribution < -0.4 is 5.73 Å². The van der Waals surface area contributed by atoms with Crippen molar-refractivity contribution in [2.24, 2.45) is 5.73 Å². The van der Waals surface area contributed by atoms with Crippen LogP contribution in [-0.2, 0) is 0 Å². The van der Waals surface area contributed by atoms with Crippen molar-refractivity contribution in [1.82, 2.24) is 0 Å². The molecule has 0 heterocycles. The van der Waals surface area contributed by atoms with Crippen molar-refractivity contribution in [3.05, 3.63) is 30.1 Å². The molecular weight excluding hydrogens is 235 g/mol. The second-order valence-electron chi connectivity index (χ2n) is 4.29. The maximum Gasteiger partial charge on any atom is 0.124 e. The zero-order valence-corrected chi connectivity index (χ0v) is 10.8. The predicted molar refractivity (Wildman–Crippen MR) is 69.2 cm³/mol. The number of hydrogen-bond acceptors (Lipinski definition) is 3. The Bertz CT molecular complexity index is 399. The molecule has 0 aliphatic heterocycles. The van der Waals surface area contributed by atoms with Crippen LogP contribution in [0.5, 0.6) is 0 Å². The largest absolute Gasteiger partial charge is 0.314 e. The van der Waals surface area contributed by atoms with E-state index in [-0.39, 0.29) is 5.82 Å². The van der Waals surface area contributed by atoms with E-state index in [4.69, 9.17) is 11.0 Å². The zero-order valence-electron chi connectivity index (χ0n) is 9.95. The maximum absolute atomic E-state index is 12.9. The Morgan fingerprint density at radius 3 is 2.88 bits per heavy atom. The highest BCUT2D eigenvalue weighted by Crippen LogP contribution is 2.21. The molecule has 0 saturated heterocycles. The summed E-state index contributed by atoms with van der Waals surface area (Å²) in [5.41, 5.74) is 4.99. The number of hydrogen-bond donors (Lipinski definition) is 1. The first-order chi connectivity index (χ1) is 8.03. The van der Waals surface area contributed by atoms with Gasteiger partial charge in [0.15, 0.2) is 0 Å². The lowest BCUT2D eigenvalue weighted by molar-refractivity contribution is 0.519. The molecule has 2 N–H and O–H groups in total. The standard InChI is InChI=1S/C13H17FN2S/c1-13(16,10-15)7-2-3-8-17-12-6-4-5-11(14)9-12/h4-6,9H,2-3,7-8,16H2,1H3. The number of nitriles is 1. The Labute approximate surface area is 106 Å². The van der Waals surface area contributed by atoms with E-state index in [1.807, 2.05) is 6.07 Å². The minimum absolute atomic E-state index is 0.200. The van der Waals surface area contributed by atoms with Gasteiger partial charge in [0.1, 0.15) is 11.4 Å². The summed E-state index contributed by atoms with van der Waals surface area (Å²) < 4.78 is 12.9. The fourth-order valence-corrected chi connectivity index (χ4v) is 2.35. The van der Waals surface area contributed by atoms with Crippen LogP contribution in [0.25, 0.3) is 0 Å². The Morgan fingerprint density at radius 2 is 2.24 bits per heavy atom. The van der Waals surface area contributed by atoms with Crippen LogP contribution in [0.1, 0.15) is 26.2 Å². The van der Waals surface area contributed by atoms with E-state index in [0.717, 1.165) is 23.5 Å². The molecule has 17 heavy (non-hydrogen) atoms. The second-order valence-corrected chi connectivity index (χ2v) is 5.46. The van der Waals surface area contributed by atoms with Crippen molar-refractivity contribution in [3.8, 4) is 6.07 Å². The number of nitrogens with zero attached hydrogens (tertiary/aromatic N) is 1. The van der Waals surface area contributed by atoms with E-state index in [1.165, 1.54) is 12.1 Å². The summed E-state index contributed by atoms with van der Waals surface area (Å²) in [7, 11) is 0. The highest BCUT2D eigenvalue weighted by atomic mass is 32.2. The fourth-order valence-electron chi connectivity index (χ4n) is 1.40. The van der Waals surface area contributed by atoms with Gasteiger partial charge in [0, 0.05) is 4.90 Å². The van der Waals surface area contributed by atoms with Gasteiger partial charge in [0.05, 0.1) is 6.07 Å². The van der Waals surface area contributed by atoms with Gasteiger partial charge in [0.25, 0.3) is 0 Å². The minimum Gasteiger partial charge on any atom is -0.314 e. The lowest BCUT2D eigenvalue weighted by Crippen LogP contribution is -2.33. The van der Waals surface area contributed by atoms with Gasteiger partial charge in [-0.3, -0.25) is 0 Å². The van der Waals surface area contributed by atoms with Gasteiger partial charge in [0.2, 0.25) is 0 Å². The molecule has 4 heteroatoms. The fraction of sp³-hybridized carbons (Fsp3) is 0.462. The van der Waals surface area contributed by atoms with E-state index in [1.54, 1.807) is 24.8 Å². The van der Waals surface area contributed by atoms with Crippen LogP contribution in [0, 0.1) is 17.1 Å². The third-order valence-electron chi connectivity index (χ3n) is 2.41. The molecule has 0 amide bonds. The van der Waals surface area contributed by atoms with Gasteiger partial charge >= 0.3 is 0 Å². The molecule has 1 rings (SSSR count). The van der Waals surface area contributed by atoms with Crippen LogP contribution in [-0.4, -0.2) is 11.3 Å². The summed E-state index contributed by atoms with van der Waals surface area (Å²) in [6.45, 7) is 1.74. The van der Waals surface area contributed by atoms with Crippen molar-refractivity contribution in [2.45, 2.75) is 36.6 Å². The number of rotatable bonds is 6. The molecule has 0 fully saturated rings. The summed E-state index contributed by atoms with van der Waals surface area (Å²) in [6, 6.07) is 8.67. The third kappa shape index (κ3) is 5.71. The molecule has 0 bridgehead atoms. The molecular formula is C13H17FN2S. The topological polar surface area (TPSA) is 49.8 Å². The molecule has 0 spiro atoms. The van der Waals surface area contributed by atoms with Crippen molar-refractivity contribution in [3.63, 3.8) is 0 Å². The lowest BCUT2D eigenvalue weighted by Gasteiger charge is -2.14. The molecule has 0 saturated carbocycles. The average molecular weight is 252 g/mol. The first-order valence-electron chi connectivity index (χ1n) is 5.62. The van der Waals surface area contributed by atoms with Crippen LogP contribution in [0.15, 0.2) is 29.2 Å². The van der Waals surface area contributed by atoms with Gasteiger partial charge in [-0.05, 0) is 50.1 Å². The monoisotopic (exact) mass is 252 g/mol. The van der Waals surface area contributed by atoms with Gasteiger partial charge < -0.3 is 5.73 Å². The summed E-state index contributed by atoms with van der Waals surface area (Å²) in [5.74, 6) is 0.722. The third-order valence-corrected chi connectivity index (χ3v) is 3.49. The molecule has 2 nitrogen and oxygen atoms in total. The SMILES string of the molecule is CC(N)(C#N)CCCCSc1cccc(F)c1. The van der Waals surface area contributed by atoms with E-state index in [9.17, 15) is 4.39 Å². The van der Waals surface area contributed by atoms with E-state index < -0.39 is 5.54 Å². The Balaban J connectivity index is 2.19. The maximum atomic E-state index is 12.9. The van der Waals surface area contributed by atoms with E-state index in [0.29, 0.717) is 6.42 Å². The first-order valence-corrected chi connectivity index (χ1v) is 6.60. The molecule has 0 aliphatic rings. The molecule has 1 aromatic carbocycles. The van der Waals surface area contributed by atoms with Crippen LogP contribution >= 0.6 is 11.8 Å². The summed E-state index contributed by atoms with van der Waals surface area (Å²) >= 11 is 1.63. The predicted octanol–water partition coefficient (Wildman–Crippen LogP) is 3.33. The van der Waals surface area contributed by atoms with Crippen LogP contribution in [0.4, 0.5) is 4.39 Å². The second kappa shape index (κ2) is 6.63. The molecule has 0 aliphatic carbocycles. The lowest BCUT2D eigenvalue weighted by atomic mass is 9.99. The Kier molecular flexibility index (Phi) is 5.46. The molecule has 1 aromatic rings. The van der Waals surface area contributed by atoms with E-state index >= 15 is 0 Å². The van der Waals surface area contributed by atoms with Crippen molar-refractivity contribution in [1.29, 1.82) is 5.26 Å². The molecule has 1 unspecified atom stereocenters. The number of nitrogens with two attached hydrogens (primary N) is 1. The quantitative estimate of drug-likeness (QED) is 0.624. The number of unbranched alkanes of at least 4 members (excludes halogenated alkanes) is 1. The van der Waals surface area contributed by atoms with Crippen LogP contribution in [0.2, 0.25) is 0 Å². The van der Waals surface area contributed by atoms with Crippen molar-refractivity contribution < 1.29 is 4.39 Å². The number of benzene rings is 1. The van der Waals surface area contributed by atoms with E-state index in [2.05, 4.69) is 6.07 Å². The zero-order chi connectivity index (χ0) is 12.7. The highest BCUT2D eigenvalue weighted by molar-refractivity contribution is 7.99. The number of thioether (sulfide) groups is 1. The summed E-state index contributed by atoms with van der Waals surface area (Å²) in [6.07, 6.45) is 2.60. The van der Waals surface area contributed by atoms with Crippen molar-refractivity contribution in [2.75, 3.05) is 5.75 Å². The van der Waals surface area contributed by atoms with Gasteiger partial charge in [-0.1, -0.05) is 6.07 Å². The van der Waals surface area contributed by atoms with Gasteiger partial charge in [-0.15, -0.1) is 11.8 Å². The first kappa shape index (κ1) is 14.0. The molecule has 0 radical (unpaired) electrons. The Morgan fingerprint density at radius 1 is 1.47 bits per heavy atom. The van der Waals surface area contributed by atoms with Gasteiger partial charge in [-0.2, -0.15) is 5.26 Å². The van der Waals surface area contributed by atoms with Crippen LogP contribution in [0.3, 0.4) is 0 Å². The molecule has 92 valence electrons. The molecule has 1 atom stereocenters.